The van der Waals surface area contributed by atoms with Gasteiger partial charge in [-0.15, -0.1) is 0 Å². The van der Waals surface area contributed by atoms with E-state index in [0.29, 0.717) is 15.7 Å². The average molecular weight is 439 g/mol. The fourth-order valence-electron chi connectivity index (χ4n) is 1.60. The molecule has 1 N–H and O–H groups in total. The molecule has 2 rings (SSSR count). The van der Waals surface area contributed by atoms with Crippen LogP contribution < -0.4 is 5.32 Å². The number of aromatic nitrogens is 1. The Morgan fingerprint density at radius 1 is 1.25 bits per heavy atom. The summed E-state index contributed by atoms with van der Waals surface area (Å²) >= 11 is 18.5. The second-order valence-corrected chi connectivity index (χ2v) is 6.52. The van der Waals surface area contributed by atoms with Crippen LogP contribution in [0, 0.1) is 6.92 Å². The predicted molar refractivity (Wildman–Crippen MR) is 88.8 cm³/mol. The highest BCUT2D eigenvalue weighted by Crippen LogP contribution is 2.28. The second kappa shape index (κ2) is 6.43. The number of carbonyl (C=O) groups excluding carboxylic acids is 1. The van der Waals surface area contributed by atoms with E-state index in [1.807, 2.05) is 6.07 Å². The zero-order valence-corrected chi connectivity index (χ0v) is 14.9. The second-order valence-electron chi connectivity index (χ2n) is 4.01. The van der Waals surface area contributed by atoms with Gasteiger partial charge in [-0.1, -0.05) is 39.1 Å². The standard InChI is InChI=1S/C13H8Br2Cl2N2O/c1-6-4-10(16)18-12(17)11(6)19-13(20)8-5-7(14)2-3-9(8)15/h2-5H,1H3,(H,19,20). The van der Waals surface area contributed by atoms with Crippen molar-refractivity contribution in [3.05, 3.63) is 54.6 Å². The van der Waals surface area contributed by atoms with Crippen molar-refractivity contribution < 1.29 is 4.79 Å². The minimum Gasteiger partial charge on any atom is -0.319 e. The molecule has 1 heterocycles. The van der Waals surface area contributed by atoms with Gasteiger partial charge in [-0.25, -0.2) is 4.98 Å². The van der Waals surface area contributed by atoms with Gasteiger partial charge in [-0.3, -0.25) is 4.79 Å². The maximum atomic E-state index is 12.3. The summed E-state index contributed by atoms with van der Waals surface area (Å²) in [6, 6.07) is 6.97. The highest BCUT2D eigenvalue weighted by Gasteiger charge is 2.15. The number of amides is 1. The van der Waals surface area contributed by atoms with Crippen LogP contribution in [0.3, 0.4) is 0 Å². The molecular formula is C13H8Br2Cl2N2O. The molecule has 20 heavy (non-hydrogen) atoms. The molecule has 1 aromatic heterocycles. The maximum absolute atomic E-state index is 12.3. The summed E-state index contributed by atoms with van der Waals surface area (Å²) in [5.41, 5.74) is 1.69. The van der Waals surface area contributed by atoms with Gasteiger partial charge in [0.2, 0.25) is 0 Å². The lowest BCUT2D eigenvalue weighted by molar-refractivity contribution is 0.102. The first-order chi connectivity index (χ1) is 9.38. The summed E-state index contributed by atoms with van der Waals surface area (Å²) in [7, 11) is 0. The van der Waals surface area contributed by atoms with Crippen molar-refractivity contribution in [1.29, 1.82) is 0 Å². The molecule has 0 saturated heterocycles. The Morgan fingerprint density at radius 3 is 2.60 bits per heavy atom. The zero-order valence-electron chi connectivity index (χ0n) is 10.2. The van der Waals surface area contributed by atoms with Crippen molar-refractivity contribution in [2.24, 2.45) is 0 Å². The number of benzene rings is 1. The van der Waals surface area contributed by atoms with Crippen molar-refractivity contribution >= 4 is 66.7 Å². The third kappa shape index (κ3) is 3.52. The molecular weight excluding hydrogens is 431 g/mol. The van der Waals surface area contributed by atoms with E-state index in [1.54, 1.807) is 25.1 Å². The van der Waals surface area contributed by atoms with Crippen molar-refractivity contribution in [2.75, 3.05) is 5.32 Å². The molecule has 0 aliphatic carbocycles. The highest BCUT2D eigenvalue weighted by atomic mass is 79.9. The molecule has 0 aliphatic rings. The number of nitrogens with one attached hydrogen (secondary N) is 1. The number of nitrogens with zero attached hydrogens (tertiary/aromatic N) is 1. The van der Waals surface area contributed by atoms with Crippen LogP contribution >= 0.6 is 55.1 Å². The lowest BCUT2D eigenvalue weighted by Gasteiger charge is -2.11. The van der Waals surface area contributed by atoms with Crippen LogP contribution in [0.4, 0.5) is 5.69 Å². The van der Waals surface area contributed by atoms with Crippen molar-refractivity contribution in [3.8, 4) is 0 Å². The normalized spacial score (nSPS) is 10.4. The first-order valence-electron chi connectivity index (χ1n) is 5.47. The molecule has 0 unspecified atom stereocenters. The molecule has 0 saturated carbocycles. The van der Waals surface area contributed by atoms with E-state index < -0.39 is 0 Å². The van der Waals surface area contributed by atoms with Crippen LogP contribution in [0.1, 0.15) is 15.9 Å². The predicted octanol–water partition coefficient (Wildman–Crippen LogP) is 5.47. The lowest BCUT2D eigenvalue weighted by atomic mass is 10.2. The Bertz CT molecular complexity index is 669. The Balaban J connectivity index is 2.35. The van der Waals surface area contributed by atoms with Gasteiger partial charge < -0.3 is 5.32 Å². The van der Waals surface area contributed by atoms with Gasteiger partial charge in [-0.2, -0.15) is 0 Å². The maximum Gasteiger partial charge on any atom is 0.256 e. The summed E-state index contributed by atoms with van der Waals surface area (Å²) in [6.07, 6.45) is 0. The third-order valence-electron chi connectivity index (χ3n) is 2.55. The van der Waals surface area contributed by atoms with Gasteiger partial charge >= 0.3 is 0 Å². The largest absolute Gasteiger partial charge is 0.319 e. The third-order valence-corrected chi connectivity index (χ3v) is 4.20. The van der Waals surface area contributed by atoms with Crippen LogP contribution in [0.5, 0.6) is 0 Å². The van der Waals surface area contributed by atoms with Gasteiger partial charge in [0.25, 0.3) is 5.91 Å². The van der Waals surface area contributed by atoms with Crippen LogP contribution in [-0.4, -0.2) is 10.9 Å². The van der Waals surface area contributed by atoms with Gasteiger partial charge in [-0.05, 0) is 52.7 Å². The Hall–Kier alpha value is -0.620. The molecule has 3 nitrogen and oxygen atoms in total. The molecule has 0 aliphatic heterocycles. The first kappa shape index (κ1) is 15.8. The van der Waals surface area contributed by atoms with E-state index in [-0.39, 0.29) is 16.2 Å². The Morgan fingerprint density at radius 2 is 1.95 bits per heavy atom. The van der Waals surface area contributed by atoms with Crippen LogP contribution in [-0.2, 0) is 0 Å². The summed E-state index contributed by atoms with van der Waals surface area (Å²) in [4.78, 5) is 16.2. The summed E-state index contributed by atoms with van der Waals surface area (Å²) in [5, 5.41) is 3.19. The number of rotatable bonds is 2. The molecule has 0 spiro atoms. The van der Waals surface area contributed by atoms with Gasteiger partial charge in [0.15, 0.2) is 5.15 Å². The number of hydrogen-bond donors (Lipinski definition) is 1. The van der Waals surface area contributed by atoms with Crippen LogP contribution in [0.25, 0.3) is 0 Å². The van der Waals surface area contributed by atoms with Gasteiger partial charge in [0, 0.05) is 8.95 Å². The van der Waals surface area contributed by atoms with Crippen LogP contribution in [0.2, 0.25) is 10.3 Å². The topological polar surface area (TPSA) is 42.0 Å². The number of anilines is 1. The Kier molecular flexibility index (Phi) is 5.07. The number of aryl methyl sites for hydroxylation is 1. The number of carbonyl (C=O) groups is 1. The molecule has 1 aromatic carbocycles. The van der Waals surface area contributed by atoms with E-state index in [9.17, 15) is 4.79 Å². The number of halogens is 4. The van der Waals surface area contributed by atoms with Gasteiger partial charge in [0.1, 0.15) is 5.15 Å². The van der Waals surface area contributed by atoms with Crippen molar-refractivity contribution in [1.82, 2.24) is 4.98 Å². The van der Waals surface area contributed by atoms with E-state index in [2.05, 4.69) is 42.2 Å². The van der Waals surface area contributed by atoms with E-state index in [4.69, 9.17) is 23.2 Å². The molecule has 0 atom stereocenters. The minimum absolute atomic E-state index is 0.162. The minimum atomic E-state index is -0.285. The zero-order chi connectivity index (χ0) is 14.9. The smallest absolute Gasteiger partial charge is 0.256 e. The number of pyridine rings is 1. The monoisotopic (exact) mass is 436 g/mol. The van der Waals surface area contributed by atoms with E-state index in [1.165, 1.54) is 0 Å². The Labute approximate surface area is 142 Å². The molecule has 104 valence electrons. The summed E-state index contributed by atoms with van der Waals surface area (Å²) < 4.78 is 1.50. The van der Waals surface area contributed by atoms with Crippen molar-refractivity contribution in [3.63, 3.8) is 0 Å². The molecule has 0 fully saturated rings. The summed E-state index contributed by atoms with van der Waals surface area (Å²) in [5.74, 6) is -0.285. The highest BCUT2D eigenvalue weighted by molar-refractivity contribution is 9.11. The number of hydrogen-bond acceptors (Lipinski definition) is 2. The quantitative estimate of drug-likeness (QED) is 0.631. The van der Waals surface area contributed by atoms with Crippen molar-refractivity contribution in [2.45, 2.75) is 6.92 Å². The van der Waals surface area contributed by atoms with E-state index in [0.717, 1.165) is 10.0 Å². The lowest BCUT2D eigenvalue weighted by Crippen LogP contribution is -2.14. The van der Waals surface area contributed by atoms with Crippen LogP contribution in [0.15, 0.2) is 33.2 Å². The fourth-order valence-corrected chi connectivity index (χ4v) is 2.96. The molecule has 7 heteroatoms. The molecule has 1 amide bonds. The average Bonchev–Trinajstić information content (AvgIpc) is 2.36. The van der Waals surface area contributed by atoms with Gasteiger partial charge in [0.05, 0.1) is 11.3 Å². The first-order valence-corrected chi connectivity index (χ1v) is 7.81. The molecule has 2 aromatic rings. The SMILES string of the molecule is Cc1cc(Cl)nc(Cl)c1NC(=O)c1cc(Br)ccc1Br. The van der Waals surface area contributed by atoms with E-state index >= 15 is 0 Å². The summed E-state index contributed by atoms with van der Waals surface area (Å²) in [6.45, 7) is 1.80. The molecule has 0 bridgehead atoms. The molecule has 0 radical (unpaired) electrons. The fraction of sp³-hybridized carbons (Fsp3) is 0.0769.